The Bertz CT molecular complexity index is 722. The molecule has 0 aliphatic heterocycles. The molecule has 0 radical (unpaired) electrons. The number of ether oxygens (including phenoxy) is 1. The van der Waals surface area contributed by atoms with Gasteiger partial charge in [-0.15, -0.1) is 0 Å². The zero-order chi connectivity index (χ0) is 16.1. The highest BCUT2D eigenvalue weighted by Gasteiger charge is 2.12. The Labute approximate surface area is 129 Å². The van der Waals surface area contributed by atoms with Gasteiger partial charge in [0.05, 0.1) is 11.3 Å². The lowest BCUT2D eigenvalue weighted by atomic mass is 10.2. The topological polar surface area (TPSA) is 55.4 Å². The van der Waals surface area contributed by atoms with E-state index in [2.05, 4.69) is 5.32 Å². The van der Waals surface area contributed by atoms with Crippen LogP contribution >= 0.6 is 11.6 Å². The molecular weight excluding hydrogens is 316 g/mol. The summed E-state index contributed by atoms with van der Waals surface area (Å²) in [5.74, 6) is -2.89. The quantitative estimate of drug-likeness (QED) is 0.876. The molecule has 2 aromatic rings. The van der Waals surface area contributed by atoms with Gasteiger partial charge in [-0.2, -0.15) is 0 Å². The summed E-state index contributed by atoms with van der Waals surface area (Å²) in [7, 11) is 0. The van der Waals surface area contributed by atoms with Gasteiger partial charge in [0, 0.05) is 5.02 Å². The van der Waals surface area contributed by atoms with Crippen molar-refractivity contribution in [2.75, 3.05) is 11.9 Å². The Balaban J connectivity index is 1.91. The van der Waals surface area contributed by atoms with Gasteiger partial charge in [0.1, 0.15) is 11.6 Å². The Morgan fingerprint density at radius 2 is 1.91 bits per heavy atom. The number of carbonyl (C=O) groups is 2. The summed E-state index contributed by atoms with van der Waals surface area (Å²) in [5, 5.41) is 2.42. The van der Waals surface area contributed by atoms with Crippen molar-refractivity contribution in [1.29, 1.82) is 0 Å². The number of carbonyl (C=O) groups excluding carboxylic acids is 2. The average molecular weight is 326 g/mol. The maximum absolute atomic E-state index is 13.5. The van der Waals surface area contributed by atoms with E-state index in [1.165, 1.54) is 30.3 Å². The molecule has 22 heavy (non-hydrogen) atoms. The van der Waals surface area contributed by atoms with E-state index in [0.29, 0.717) is 0 Å². The van der Waals surface area contributed by atoms with Crippen molar-refractivity contribution in [2.45, 2.75) is 0 Å². The minimum Gasteiger partial charge on any atom is -0.452 e. The molecule has 0 fully saturated rings. The van der Waals surface area contributed by atoms with Crippen molar-refractivity contribution in [3.05, 3.63) is 64.7 Å². The van der Waals surface area contributed by atoms with Gasteiger partial charge in [-0.3, -0.25) is 4.79 Å². The number of hydrogen-bond acceptors (Lipinski definition) is 3. The lowest BCUT2D eigenvalue weighted by Crippen LogP contribution is -2.21. The number of hydrogen-bond donors (Lipinski definition) is 1. The fourth-order valence-electron chi connectivity index (χ4n) is 1.61. The first-order chi connectivity index (χ1) is 10.5. The Morgan fingerprint density at radius 1 is 1.14 bits per heavy atom. The van der Waals surface area contributed by atoms with E-state index in [0.717, 1.165) is 12.1 Å². The van der Waals surface area contributed by atoms with Crippen LogP contribution in [0, 0.1) is 11.6 Å². The zero-order valence-electron chi connectivity index (χ0n) is 11.1. The van der Waals surface area contributed by atoms with Gasteiger partial charge in [0.2, 0.25) is 0 Å². The van der Waals surface area contributed by atoms with E-state index in [1.807, 2.05) is 0 Å². The largest absolute Gasteiger partial charge is 0.452 e. The van der Waals surface area contributed by atoms with Crippen molar-refractivity contribution in [3.8, 4) is 0 Å². The molecular formula is C15H10ClF2NO3. The Hall–Kier alpha value is -2.47. The number of amides is 1. The van der Waals surface area contributed by atoms with Crippen LogP contribution in [0.1, 0.15) is 10.4 Å². The van der Waals surface area contributed by atoms with Crippen molar-refractivity contribution >= 4 is 29.2 Å². The third kappa shape index (κ3) is 4.26. The summed E-state index contributed by atoms with van der Waals surface area (Å²) in [4.78, 5) is 23.2. The van der Waals surface area contributed by atoms with E-state index in [4.69, 9.17) is 16.3 Å². The molecule has 0 bridgehead atoms. The van der Waals surface area contributed by atoms with E-state index in [1.54, 1.807) is 0 Å². The van der Waals surface area contributed by atoms with Crippen LogP contribution in [0.25, 0.3) is 0 Å². The van der Waals surface area contributed by atoms with Gasteiger partial charge >= 0.3 is 5.97 Å². The lowest BCUT2D eigenvalue weighted by molar-refractivity contribution is -0.119. The van der Waals surface area contributed by atoms with E-state index in [9.17, 15) is 18.4 Å². The smallest absolute Gasteiger partial charge is 0.338 e. The molecule has 1 amide bonds. The van der Waals surface area contributed by atoms with Crippen molar-refractivity contribution in [2.24, 2.45) is 0 Å². The third-order valence-corrected chi connectivity index (χ3v) is 2.83. The number of halogens is 3. The molecule has 0 unspecified atom stereocenters. The van der Waals surface area contributed by atoms with Crippen LogP contribution in [0.5, 0.6) is 0 Å². The maximum atomic E-state index is 13.5. The van der Waals surface area contributed by atoms with Gasteiger partial charge in [-0.25, -0.2) is 13.6 Å². The monoisotopic (exact) mass is 325 g/mol. The summed E-state index contributed by atoms with van der Waals surface area (Å²) in [6.07, 6.45) is 0. The van der Waals surface area contributed by atoms with Crippen LogP contribution in [0.2, 0.25) is 5.02 Å². The van der Waals surface area contributed by atoms with Crippen LogP contribution in [-0.4, -0.2) is 18.5 Å². The highest BCUT2D eigenvalue weighted by Crippen LogP contribution is 2.18. The van der Waals surface area contributed by atoms with Crippen molar-refractivity contribution in [3.63, 3.8) is 0 Å². The minimum absolute atomic E-state index is 0.0227. The second-order valence-electron chi connectivity index (χ2n) is 4.26. The van der Waals surface area contributed by atoms with Crippen molar-refractivity contribution < 1.29 is 23.1 Å². The highest BCUT2D eigenvalue weighted by atomic mass is 35.5. The summed E-state index contributed by atoms with van der Waals surface area (Å²) in [5.41, 5.74) is -0.110. The number of esters is 1. The van der Waals surface area contributed by atoms with Gasteiger partial charge in [-0.05, 0) is 36.4 Å². The molecule has 0 spiro atoms. The molecule has 1 N–H and O–H groups in total. The van der Waals surface area contributed by atoms with Gasteiger partial charge < -0.3 is 10.1 Å². The Morgan fingerprint density at radius 3 is 2.59 bits per heavy atom. The third-order valence-electron chi connectivity index (χ3n) is 2.60. The molecule has 2 rings (SSSR count). The van der Waals surface area contributed by atoms with Crippen LogP contribution in [0.15, 0.2) is 42.5 Å². The highest BCUT2D eigenvalue weighted by molar-refractivity contribution is 6.30. The summed E-state index contributed by atoms with van der Waals surface area (Å²) in [6, 6.07) is 8.57. The summed E-state index contributed by atoms with van der Waals surface area (Å²) in [6.45, 7) is -0.628. The van der Waals surface area contributed by atoms with Crippen molar-refractivity contribution in [1.82, 2.24) is 0 Å². The molecule has 0 heterocycles. The average Bonchev–Trinajstić information content (AvgIpc) is 2.47. The van der Waals surface area contributed by atoms with E-state index in [-0.39, 0.29) is 16.3 Å². The molecule has 114 valence electrons. The SMILES string of the molecule is O=C(COC(=O)c1cccc(F)c1)Nc1ccc(Cl)cc1F. The second kappa shape index (κ2) is 7.00. The first kappa shape index (κ1) is 15.9. The van der Waals surface area contributed by atoms with Crippen LogP contribution in [0.3, 0.4) is 0 Å². The van der Waals surface area contributed by atoms with E-state index < -0.39 is 30.1 Å². The first-order valence-electron chi connectivity index (χ1n) is 6.13. The molecule has 0 aliphatic rings. The zero-order valence-corrected chi connectivity index (χ0v) is 11.9. The molecule has 0 saturated carbocycles. The normalized spacial score (nSPS) is 10.1. The number of rotatable bonds is 4. The minimum atomic E-state index is -0.855. The Kier molecular flexibility index (Phi) is 5.06. The van der Waals surface area contributed by atoms with Gasteiger partial charge in [-0.1, -0.05) is 17.7 Å². The van der Waals surface area contributed by atoms with Crippen LogP contribution < -0.4 is 5.32 Å². The molecule has 7 heteroatoms. The molecule has 4 nitrogen and oxygen atoms in total. The second-order valence-corrected chi connectivity index (χ2v) is 4.70. The maximum Gasteiger partial charge on any atom is 0.338 e. The predicted octanol–water partition coefficient (Wildman–Crippen LogP) is 3.41. The standard InChI is InChI=1S/C15H10ClF2NO3/c16-10-4-5-13(12(18)7-10)19-14(20)8-22-15(21)9-2-1-3-11(17)6-9/h1-7H,8H2,(H,19,20). The summed E-state index contributed by atoms with van der Waals surface area (Å²) >= 11 is 5.58. The number of anilines is 1. The molecule has 2 aromatic carbocycles. The first-order valence-corrected chi connectivity index (χ1v) is 6.51. The fourth-order valence-corrected chi connectivity index (χ4v) is 1.77. The summed E-state index contributed by atoms with van der Waals surface area (Å²) < 4.78 is 31.1. The van der Waals surface area contributed by atoms with E-state index >= 15 is 0 Å². The van der Waals surface area contributed by atoms with Gasteiger partial charge in [0.15, 0.2) is 6.61 Å². The number of nitrogens with one attached hydrogen (secondary N) is 1. The van der Waals surface area contributed by atoms with Gasteiger partial charge in [0.25, 0.3) is 5.91 Å². The predicted molar refractivity (Wildman–Crippen MR) is 76.7 cm³/mol. The lowest BCUT2D eigenvalue weighted by Gasteiger charge is -2.07. The molecule has 0 atom stereocenters. The molecule has 0 aromatic heterocycles. The van der Waals surface area contributed by atoms with Crippen LogP contribution in [0.4, 0.5) is 14.5 Å². The number of benzene rings is 2. The molecule has 0 saturated heterocycles. The fraction of sp³-hybridized carbons (Fsp3) is 0.0667. The van der Waals surface area contributed by atoms with Crippen LogP contribution in [-0.2, 0) is 9.53 Å². The molecule has 0 aliphatic carbocycles.